The number of nitrogens with one attached hydrogen (secondary N) is 1. The second kappa shape index (κ2) is 5.48. The van der Waals surface area contributed by atoms with Gasteiger partial charge in [-0.1, -0.05) is 0 Å². The van der Waals surface area contributed by atoms with Gasteiger partial charge >= 0.3 is 0 Å². The lowest BCUT2D eigenvalue weighted by molar-refractivity contribution is 0.638. The summed E-state index contributed by atoms with van der Waals surface area (Å²) in [5, 5.41) is 10.8. The molecule has 4 nitrogen and oxygen atoms in total. The third kappa shape index (κ3) is 4.42. The molecule has 0 aromatic carbocycles. The van der Waals surface area contributed by atoms with Crippen LogP contribution in [0.2, 0.25) is 0 Å². The Morgan fingerprint density at radius 1 is 1.62 bits per heavy atom. The van der Waals surface area contributed by atoms with E-state index in [0.717, 1.165) is 25.2 Å². The maximum atomic E-state index is 5.62. The smallest absolute Gasteiger partial charge is 0.148 e. The first-order chi connectivity index (χ1) is 6.29. The summed E-state index contributed by atoms with van der Waals surface area (Å²) < 4.78 is 0. The fourth-order valence-electron chi connectivity index (χ4n) is 1.04. The lowest BCUT2D eigenvalue weighted by Gasteiger charge is -2.05. The fourth-order valence-corrected chi connectivity index (χ4v) is 1.04. The Morgan fingerprint density at radius 2 is 2.46 bits per heavy atom. The van der Waals surface area contributed by atoms with E-state index in [4.69, 9.17) is 5.73 Å². The van der Waals surface area contributed by atoms with Gasteiger partial charge in [0.1, 0.15) is 5.82 Å². The predicted octanol–water partition coefficient (Wildman–Crippen LogP) is 1.02. The van der Waals surface area contributed by atoms with Crippen molar-refractivity contribution < 1.29 is 0 Å². The van der Waals surface area contributed by atoms with Gasteiger partial charge in [-0.3, -0.25) is 0 Å². The highest BCUT2D eigenvalue weighted by Crippen LogP contribution is 1.99. The quantitative estimate of drug-likeness (QED) is 0.664. The van der Waals surface area contributed by atoms with E-state index in [9.17, 15) is 0 Å². The summed E-state index contributed by atoms with van der Waals surface area (Å²) >= 11 is 0. The highest BCUT2D eigenvalue weighted by atomic mass is 15.2. The number of aromatic nitrogens is 2. The van der Waals surface area contributed by atoms with Crippen molar-refractivity contribution in [3.63, 3.8) is 0 Å². The first-order valence-electron chi connectivity index (χ1n) is 4.56. The molecule has 0 amide bonds. The molecule has 1 atom stereocenters. The summed E-state index contributed by atoms with van der Waals surface area (Å²) in [5.41, 5.74) is 5.62. The van der Waals surface area contributed by atoms with E-state index in [-0.39, 0.29) is 6.04 Å². The summed E-state index contributed by atoms with van der Waals surface area (Å²) in [6.45, 7) is 2.92. The number of anilines is 1. The van der Waals surface area contributed by atoms with Gasteiger partial charge in [0.2, 0.25) is 0 Å². The van der Waals surface area contributed by atoms with Gasteiger partial charge < -0.3 is 11.1 Å². The Hall–Kier alpha value is -1.16. The Balaban J connectivity index is 2.13. The minimum atomic E-state index is 0.281. The highest BCUT2D eigenvalue weighted by molar-refractivity contribution is 5.30. The first-order valence-corrected chi connectivity index (χ1v) is 4.56. The molecule has 0 bridgehead atoms. The molecule has 72 valence electrons. The molecule has 0 aliphatic heterocycles. The van der Waals surface area contributed by atoms with E-state index in [2.05, 4.69) is 15.5 Å². The van der Waals surface area contributed by atoms with Crippen molar-refractivity contribution >= 4 is 5.82 Å². The monoisotopic (exact) mass is 180 g/mol. The topological polar surface area (TPSA) is 63.8 Å². The third-order valence-corrected chi connectivity index (χ3v) is 1.71. The zero-order valence-electron chi connectivity index (χ0n) is 7.90. The molecule has 0 radical (unpaired) electrons. The van der Waals surface area contributed by atoms with Crippen LogP contribution in [0.4, 0.5) is 5.82 Å². The van der Waals surface area contributed by atoms with E-state index in [1.165, 1.54) is 0 Å². The largest absolute Gasteiger partial charge is 0.369 e. The number of rotatable bonds is 5. The molecule has 3 N–H and O–H groups in total. The molecular formula is C9H16N4. The third-order valence-electron chi connectivity index (χ3n) is 1.71. The van der Waals surface area contributed by atoms with Gasteiger partial charge in [0.25, 0.3) is 0 Å². The van der Waals surface area contributed by atoms with Crippen LogP contribution in [0, 0.1) is 0 Å². The van der Waals surface area contributed by atoms with Crippen LogP contribution in [0.5, 0.6) is 0 Å². The minimum absolute atomic E-state index is 0.281. The molecule has 1 heterocycles. The predicted molar refractivity (Wildman–Crippen MR) is 53.4 cm³/mol. The van der Waals surface area contributed by atoms with Crippen LogP contribution in [0.3, 0.4) is 0 Å². The number of hydrogen-bond donors (Lipinski definition) is 2. The lowest BCUT2D eigenvalue weighted by Crippen LogP contribution is -2.16. The Bertz CT molecular complexity index is 222. The molecule has 13 heavy (non-hydrogen) atoms. The molecule has 0 saturated heterocycles. The van der Waals surface area contributed by atoms with E-state index in [1.54, 1.807) is 6.20 Å². The standard InChI is InChI=1S/C9H16N4/c1-8(10)4-2-6-11-9-5-3-7-12-13-9/h3,5,7-8H,2,4,6,10H2,1H3,(H,11,13). The van der Waals surface area contributed by atoms with Gasteiger partial charge in [-0.2, -0.15) is 5.10 Å². The summed E-state index contributed by atoms with van der Waals surface area (Å²) in [6, 6.07) is 4.04. The van der Waals surface area contributed by atoms with Gasteiger partial charge in [0, 0.05) is 18.8 Å². The zero-order chi connectivity index (χ0) is 9.52. The number of nitrogens with zero attached hydrogens (tertiary/aromatic N) is 2. The van der Waals surface area contributed by atoms with Crippen LogP contribution in [-0.2, 0) is 0 Å². The molecule has 1 unspecified atom stereocenters. The van der Waals surface area contributed by atoms with E-state index in [0.29, 0.717) is 0 Å². The van der Waals surface area contributed by atoms with Crippen molar-refractivity contribution in [2.24, 2.45) is 5.73 Å². The van der Waals surface area contributed by atoms with Gasteiger partial charge in [-0.25, -0.2) is 0 Å². The van der Waals surface area contributed by atoms with E-state index in [1.807, 2.05) is 19.1 Å². The zero-order valence-corrected chi connectivity index (χ0v) is 7.90. The van der Waals surface area contributed by atoms with Crippen molar-refractivity contribution in [1.29, 1.82) is 0 Å². The summed E-state index contributed by atoms with van der Waals surface area (Å²) in [7, 11) is 0. The SMILES string of the molecule is CC(N)CCCNc1cccnn1. The molecule has 0 aliphatic rings. The Labute approximate surface area is 78.6 Å². The maximum Gasteiger partial charge on any atom is 0.148 e. The minimum Gasteiger partial charge on any atom is -0.369 e. The van der Waals surface area contributed by atoms with Crippen LogP contribution in [0.1, 0.15) is 19.8 Å². The molecule has 4 heteroatoms. The average molecular weight is 180 g/mol. The molecule has 1 aromatic heterocycles. The maximum absolute atomic E-state index is 5.62. The molecule has 1 aromatic rings. The van der Waals surface area contributed by atoms with Gasteiger partial charge in [0.15, 0.2) is 0 Å². The van der Waals surface area contributed by atoms with Crippen molar-refractivity contribution in [3.8, 4) is 0 Å². The van der Waals surface area contributed by atoms with Crippen LogP contribution in [-0.4, -0.2) is 22.8 Å². The van der Waals surface area contributed by atoms with E-state index < -0.39 is 0 Å². The highest BCUT2D eigenvalue weighted by Gasteiger charge is 1.94. The van der Waals surface area contributed by atoms with E-state index >= 15 is 0 Å². The fraction of sp³-hybridized carbons (Fsp3) is 0.556. The van der Waals surface area contributed by atoms with Gasteiger partial charge in [-0.05, 0) is 31.9 Å². The summed E-state index contributed by atoms with van der Waals surface area (Å²) in [5.74, 6) is 0.826. The molecule has 0 fully saturated rings. The van der Waals surface area contributed by atoms with Crippen molar-refractivity contribution in [3.05, 3.63) is 18.3 Å². The van der Waals surface area contributed by atoms with Crippen molar-refractivity contribution in [2.45, 2.75) is 25.8 Å². The summed E-state index contributed by atoms with van der Waals surface area (Å²) in [6.07, 6.45) is 3.76. The van der Waals surface area contributed by atoms with Gasteiger partial charge in [-0.15, -0.1) is 5.10 Å². The molecular weight excluding hydrogens is 164 g/mol. The summed E-state index contributed by atoms with van der Waals surface area (Å²) in [4.78, 5) is 0. The van der Waals surface area contributed by atoms with Crippen LogP contribution in [0.15, 0.2) is 18.3 Å². The van der Waals surface area contributed by atoms with Crippen LogP contribution < -0.4 is 11.1 Å². The lowest BCUT2D eigenvalue weighted by atomic mass is 10.2. The molecule has 0 spiro atoms. The second-order valence-corrected chi connectivity index (χ2v) is 3.16. The normalized spacial score (nSPS) is 12.5. The Kier molecular flexibility index (Phi) is 4.18. The second-order valence-electron chi connectivity index (χ2n) is 3.16. The molecule has 0 aliphatic carbocycles. The van der Waals surface area contributed by atoms with Crippen molar-refractivity contribution in [2.75, 3.05) is 11.9 Å². The Morgan fingerprint density at radius 3 is 3.08 bits per heavy atom. The molecule has 1 rings (SSSR count). The number of nitrogens with two attached hydrogens (primary N) is 1. The number of hydrogen-bond acceptors (Lipinski definition) is 4. The molecule has 0 saturated carbocycles. The van der Waals surface area contributed by atoms with Gasteiger partial charge in [0.05, 0.1) is 0 Å². The van der Waals surface area contributed by atoms with Crippen molar-refractivity contribution in [1.82, 2.24) is 10.2 Å². The van der Waals surface area contributed by atoms with Crippen LogP contribution >= 0.6 is 0 Å². The average Bonchev–Trinajstić information content (AvgIpc) is 2.14. The van der Waals surface area contributed by atoms with Crippen LogP contribution in [0.25, 0.3) is 0 Å². The first kappa shape index (κ1) is 9.92.